The van der Waals surface area contributed by atoms with Gasteiger partial charge in [-0.25, -0.2) is 8.42 Å². The predicted octanol–water partition coefficient (Wildman–Crippen LogP) is 2.24. The van der Waals surface area contributed by atoms with E-state index in [4.69, 9.17) is 0 Å². The van der Waals surface area contributed by atoms with Crippen LogP contribution in [0.4, 0.5) is 11.4 Å². The molecule has 2 amide bonds. The number of fused-ring (bicyclic) bond motifs is 1. The van der Waals surface area contributed by atoms with Crippen molar-refractivity contribution in [3.63, 3.8) is 0 Å². The Hall–Kier alpha value is -2.71. The molecule has 2 aromatic carbocycles. The van der Waals surface area contributed by atoms with Crippen LogP contribution in [0.1, 0.15) is 19.4 Å². The van der Waals surface area contributed by atoms with Crippen molar-refractivity contribution in [1.29, 1.82) is 0 Å². The molecule has 3 rings (SSSR count). The molecule has 0 saturated heterocycles. The second-order valence-corrected chi connectivity index (χ2v) is 8.96. The van der Waals surface area contributed by atoms with Gasteiger partial charge in [-0.2, -0.15) is 4.31 Å². The summed E-state index contributed by atoms with van der Waals surface area (Å²) in [7, 11) is -2.44. The van der Waals surface area contributed by atoms with E-state index in [1.807, 2.05) is 31.2 Å². The van der Waals surface area contributed by atoms with E-state index in [-0.39, 0.29) is 29.3 Å². The Bertz CT molecular complexity index is 1000. The first-order valence-corrected chi connectivity index (χ1v) is 10.4. The fourth-order valence-electron chi connectivity index (χ4n) is 3.39. The summed E-state index contributed by atoms with van der Waals surface area (Å²) in [5.74, 6) is -0.503. The van der Waals surface area contributed by atoms with Gasteiger partial charge < -0.3 is 10.2 Å². The minimum atomic E-state index is -3.83. The molecule has 0 fully saturated rings. The number of likely N-dealkylation sites (N-methyl/N-ethyl adjacent to an activating group) is 1. The third-order valence-electron chi connectivity index (χ3n) is 4.72. The molecule has 8 heteroatoms. The van der Waals surface area contributed by atoms with E-state index in [0.29, 0.717) is 5.69 Å². The van der Waals surface area contributed by atoms with Crippen LogP contribution in [0, 0.1) is 0 Å². The highest BCUT2D eigenvalue weighted by molar-refractivity contribution is 7.89. The molecule has 1 unspecified atom stereocenters. The van der Waals surface area contributed by atoms with Gasteiger partial charge in [0.25, 0.3) is 0 Å². The van der Waals surface area contributed by atoms with Crippen molar-refractivity contribution < 1.29 is 18.0 Å². The van der Waals surface area contributed by atoms with Crippen molar-refractivity contribution in [2.75, 3.05) is 23.8 Å². The summed E-state index contributed by atoms with van der Waals surface area (Å²) in [5.41, 5.74) is 2.43. The zero-order chi connectivity index (χ0) is 20.5. The van der Waals surface area contributed by atoms with Gasteiger partial charge in [-0.15, -0.1) is 0 Å². The fourth-order valence-corrected chi connectivity index (χ4v) is 4.51. The number of para-hydroxylation sites is 1. The Morgan fingerprint density at radius 1 is 1.14 bits per heavy atom. The zero-order valence-electron chi connectivity index (χ0n) is 16.0. The van der Waals surface area contributed by atoms with Gasteiger partial charge in [0.15, 0.2) is 0 Å². The van der Waals surface area contributed by atoms with Crippen LogP contribution < -0.4 is 10.2 Å². The molecule has 1 aliphatic heterocycles. The van der Waals surface area contributed by atoms with Crippen molar-refractivity contribution in [3.05, 3.63) is 54.1 Å². The summed E-state index contributed by atoms with van der Waals surface area (Å²) in [6.07, 6.45) is 0.753. The SMILES string of the molecule is CC(=O)Nc1ccc(S(=O)(=O)N(C)CC(=O)N2c3ccccc3CC2C)cc1. The van der Waals surface area contributed by atoms with E-state index in [1.165, 1.54) is 38.2 Å². The van der Waals surface area contributed by atoms with Crippen LogP contribution in [-0.4, -0.2) is 44.2 Å². The highest BCUT2D eigenvalue weighted by Crippen LogP contribution is 2.32. The van der Waals surface area contributed by atoms with Crippen LogP contribution in [0.5, 0.6) is 0 Å². The van der Waals surface area contributed by atoms with E-state index < -0.39 is 10.0 Å². The molecule has 0 bridgehead atoms. The number of amides is 2. The molecular weight excluding hydrogens is 378 g/mol. The maximum absolute atomic E-state index is 12.9. The summed E-state index contributed by atoms with van der Waals surface area (Å²) in [6.45, 7) is 3.07. The highest BCUT2D eigenvalue weighted by Gasteiger charge is 2.33. The summed E-state index contributed by atoms with van der Waals surface area (Å²) in [4.78, 5) is 25.7. The first-order valence-electron chi connectivity index (χ1n) is 8.94. The molecule has 148 valence electrons. The van der Waals surface area contributed by atoms with Gasteiger partial charge in [0.2, 0.25) is 21.8 Å². The van der Waals surface area contributed by atoms with Crippen LogP contribution in [0.3, 0.4) is 0 Å². The number of rotatable bonds is 5. The molecule has 1 atom stereocenters. The number of benzene rings is 2. The van der Waals surface area contributed by atoms with Gasteiger partial charge in [-0.1, -0.05) is 18.2 Å². The lowest BCUT2D eigenvalue weighted by Crippen LogP contribution is -2.43. The van der Waals surface area contributed by atoms with Gasteiger partial charge in [0.05, 0.1) is 11.4 Å². The maximum Gasteiger partial charge on any atom is 0.243 e. The minimum absolute atomic E-state index is 0.0158. The molecular formula is C20H23N3O4S. The van der Waals surface area contributed by atoms with E-state index in [0.717, 1.165) is 22.0 Å². The van der Waals surface area contributed by atoms with E-state index in [2.05, 4.69) is 5.32 Å². The molecule has 28 heavy (non-hydrogen) atoms. The molecule has 0 spiro atoms. The molecule has 0 saturated carbocycles. The van der Waals surface area contributed by atoms with Crippen molar-refractivity contribution >= 4 is 33.2 Å². The standard InChI is InChI=1S/C20H23N3O4S/c1-14-12-16-6-4-5-7-19(16)23(14)20(25)13-22(3)28(26,27)18-10-8-17(9-11-18)21-15(2)24/h4-11,14H,12-13H2,1-3H3,(H,21,24). The summed E-state index contributed by atoms with van der Waals surface area (Å²) in [5, 5.41) is 2.59. The number of nitrogens with one attached hydrogen (secondary N) is 1. The smallest absolute Gasteiger partial charge is 0.243 e. The van der Waals surface area contributed by atoms with Crippen LogP contribution in [0.25, 0.3) is 0 Å². The molecule has 1 N–H and O–H groups in total. The van der Waals surface area contributed by atoms with Gasteiger partial charge in [0, 0.05) is 31.4 Å². The number of anilines is 2. The lowest BCUT2D eigenvalue weighted by atomic mass is 10.1. The number of hydrogen-bond acceptors (Lipinski definition) is 4. The van der Waals surface area contributed by atoms with Crippen LogP contribution in [-0.2, 0) is 26.0 Å². The number of carbonyl (C=O) groups is 2. The topological polar surface area (TPSA) is 86.8 Å². The Morgan fingerprint density at radius 2 is 1.79 bits per heavy atom. The Morgan fingerprint density at radius 3 is 2.43 bits per heavy atom. The second kappa shape index (κ2) is 7.73. The normalized spacial score (nSPS) is 16.1. The molecule has 2 aromatic rings. The molecule has 0 aliphatic carbocycles. The second-order valence-electron chi connectivity index (χ2n) is 6.91. The molecule has 1 aliphatic rings. The summed E-state index contributed by atoms with van der Waals surface area (Å²) < 4.78 is 26.7. The molecule has 7 nitrogen and oxygen atoms in total. The number of hydrogen-bond donors (Lipinski definition) is 1. The average Bonchev–Trinajstić information content (AvgIpc) is 2.97. The summed E-state index contributed by atoms with van der Waals surface area (Å²) >= 11 is 0. The third kappa shape index (κ3) is 3.93. The van der Waals surface area contributed by atoms with Gasteiger partial charge >= 0.3 is 0 Å². The summed E-state index contributed by atoms with van der Waals surface area (Å²) in [6, 6.07) is 13.5. The predicted molar refractivity (Wildman–Crippen MR) is 108 cm³/mol. The van der Waals surface area contributed by atoms with Crippen LogP contribution in [0.15, 0.2) is 53.4 Å². The average molecular weight is 401 g/mol. The lowest BCUT2D eigenvalue weighted by Gasteiger charge is -2.25. The lowest BCUT2D eigenvalue weighted by molar-refractivity contribution is -0.119. The number of carbonyl (C=O) groups excluding carboxylic acids is 2. The molecule has 1 heterocycles. The molecule has 0 radical (unpaired) electrons. The van der Waals surface area contributed by atoms with Crippen molar-refractivity contribution in [2.24, 2.45) is 0 Å². The first kappa shape index (κ1) is 20.0. The van der Waals surface area contributed by atoms with E-state index in [1.54, 1.807) is 4.90 Å². The van der Waals surface area contributed by atoms with Crippen LogP contribution in [0.2, 0.25) is 0 Å². The van der Waals surface area contributed by atoms with Crippen molar-refractivity contribution in [2.45, 2.75) is 31.2 Å². The number of sulfonamides is 1. The van der Waals surface area contributed by atoms with Crippen molar-refractivity contribution in [1.82, 2.24) is 4.31 Å². The Labute approximate surface area is 165 Å². The van der Waals surface area contributed by atoms with Gasteiger partial charge in [-0.3, -0.25) is 9.59 Å². The van der Waals surface area contributed by atoms with Gasteiger partial charge in [0.1, 0.15) is 0 Å². The quantitative estimate of drug-likeness (QED) is 0.832. The first-order chi connectivity index (χ1) is 13.2. The monoisotopic (exact) mass is 401 g/mol. The largest absolute Gasteiger partial charge is 0.326 e. The highest BCUT2D eigenvalue weighted by atomic mass is 32.2. The van der Waals surface area contributed by atoms with E-state index >= 15 is 0 Å². The third-order valence-corrected chi connectivity index (χ3v) is 6.53. The molecule has 0 aromatic heterocycles. The minimum Gasteiger partial charge on any atom is -0.326 e. The Kier molecular flexibility index (Phi) is 5.53. The van der Waals surface area contributed by atoms with Crippen molar-refractivity contribution in [3.8, 4) is 0 Å². The maximum atomic E-state index is 12.9. The number of nitrogens with zero attached hydrogens (tertiary/aromatic N) is 2. The van der Waals surface area contributed by atoms with Gasteiger partial charge in [-0.05, 0) is 49.2 Å². The fraction of sp³-hybridized carbons (Fsp3) is 0.300. The van der Waals surface area contributed by atoms with E-state index in [9.17, 15) is 18.0 Å². The zero-order valence-corrected chi connectivity index (χ0v) is 16.9. The van der Waals surface area contributed by atoms with Crippen LogP contribution >= 0.6 is 0 Å². The Balaban J connectivity index is 1.75.